The zero-order valence-corrected chi connectivity index (χ0v) is 32.3. The number of aromatic nitrogens is 1. The smallest absolute Gasteiger partial charge is 0.334 e. The van der Waals surface area contributed by atoms with Gasteiger partial charge < -0.3 is 36.2 Å². The number of phenolic OH excluding ortho intramolecular Hbond substituents is 1. The van der Waals surface area contributed by atoms with Crippen molar-refractivity contribution < 1.29 is 35.2 Å². The number of halogens is 1. The number of carbonyl (C=O) groups is 4. The van der Waals surface area contributed by atoms with Crippen molar-refractivity contribution in [2.24, 2.45) is 0 Å². The maximum absolute atomic E-state index is 14.3. The molecule has 0 spiro atoms. The highest BCUT2D eigenvalue weighted by atomic mass is 35.5. The number of urea groups is 1. The van der Waals surface area contributed by atoms with Crippen LogP contribution in [0.1, 0.15) is 34.0 Å². The van der Waals surface area contributed by atoms with E-state index in [2.05, 4.69) is 29.5 Å². The summed E-state index contributed by atoms with van der Waals surface area (Å²) in [5, 5.41) is 17.6. The minimum absolute atomic E-state index is 0. The number of thiol groups is 1. The van der Waals surface area contributed by atoms with Gasteiger partial charge >= 0.3 is 6.03 Å². The van der Waals surface area contributed by atoms with Gasteiger partial charge in [-0.2, -0.15) is 0 Å². The van der Waals surface area contributed by atoms with Gasteiger partial charge in [-0.3, -0.25) is 14.4 Å². The fourth-order valence-electron chi connectivity index (χ4n) is 6.84. The molecule has 13 nitrogen and oxygen atoms in total. The van der Waals surface area contributed by atoms with Gasteiger partial charge in [-0.25, -0.2) is 14.8 Å². The monoisotopic (exact) mass is 800 g/mol. The quantitative estimate of drug-likeness (QED) is 0.0941. The highest BCUT2D eigenvalue weighted by Crippen LogP contribution is 2.31. The molecule has 0 bridgehead atoms. The number of piperazine rings is 1. The molecule has 0 unspecified atom stereocenters. The Balaban J connectivity index is 0.000000621. The number of hydrazine groups is 1. The Hall–Kier alpha value is -5.64. The van der Waals surface area contributed by atoms with Gasteiger partial charge in [0.2, 0.25) is 11.8 Å². The van der Waals surface area contributed by atoms with E-state index in [0.717, 1.165) is 37.5 Å². The van der Waals surface area contributed by atoms with E-state index in [1.807, 2.05) is 72.8 Å². The van der Waals surface area contributed by atoms with Gasteiger partial charge in [0.25, 0.3) is 0 Å². The molecule has 2 fully saturated rings. The Morgan fingerprint density at radius 3 is 2.30 bits per heavy atom. The van der Waals surface area contributed by atoms with E-state index in [1.54, 1.807) is 51.5 Å². The van der Waals surface area contributed by atoms with Gasteiger partial charge in [-0.05, 0) is 60.0 Å². The van der Waals surface area contributed by atoms with E-state index in [9.17, 15) is 24.3 Å². The molecular weight excluding hydrogens is 756 g/mol. The number of nitrogens with zero attached hydrogens (tertiary/aromatic N) is 4. The van der Waals surface area contributed by atoms with Crippen molar-refractivity contribution in [1.29, 1.82) is 0 Å². The second kappa shape index (κ2) is 19.3. The maximum atomic E-state index is 14.3. The highest BCUT2D eigenvalue weighted by molar-refractivity contribution is 7.80. The van der Waals surface area contributed by atoms with Crippen LogP contribution in [0, 0.1) is 0 Å². The predicted molar refractivity (Wildman–Crippen MR) is 218 cm³/mol. The summed E-state index contributed by atoms with van der Waals surface area (Å²) in [6, 6.07) is 27.7. The molecule has 2 atom stereocenters. The van der Waals surface area contributed by atoms with Crippen LogP contribution in [-0.4, -0.2) is 96.3 Å². The Kier molecular flexibility index (Phi) is 14.8. The summed E-state index contributed by atoms with van der Waals surface area (Å²) < 4.78 is 0. The van der Waals surface area contributed by atoms with E-state index < -0.39 is 18.2 Å². The fourth-order valence-corrected chi connectivity index (χ4v) is 7.12. The van der Waals surface area contributed by atoms with E-state index in [4.69, 9.17) is 11.6 Å². The second-order valence-electron chi connectivity index (χ2n) is 13.1. The normalized spacial score (nSPS) is 16.5. The van der Waals surface area contributed by atoms with Crippen LogP contribution in [0.4, 0.5) is 4.79 Å². The molecule has 4 aromatic carbocycles. The minimum atomic E-state index is -0.901. The van der Waals surface area contributed by atoms with Crippen molar-refractivity contribution in [3.63, 3.8) is 0 Å². The van der Waals surface area contributed by atoms with Gasteiger partial charge in [-0.15, -0.1) is 19.2 Å². The molecule has 5 aromatic rings. The minimum Gasteiger partial charge on any atom is -0.508 e. The first-order valence-electron chi connectivity index (χ1n) is 17.4. The molecule has 15 heteroatoms. The number of amides is 4. The lowest BCUT2D eigenvalue weighted by molar-refractivity contribution is -0.189. The average Bonchev–Trinajstić information content (AvgIpc) is 3.61. The average molecular weight is 801 g/mol. The summed E-state index contributed by atoms with van der Waals surface area (Å²) in [7, 11) is 0. The van der Waals surface area contributed by atoms with Gasteiger partial charge in [0.05, 0.1) is 18.6 Å². The number of hydrogen-bond acceptors (Lipinski definition) is 7. The molecule has 0 saturated carbocycles. The number of H-pyrrole nitrogens is 1. The largest absolute Gasteiger partial charge is 0.508 e. The number of para-hydroxylation sites is 1. The van der Waals surface area contributed by atoms with Crippen molar-refractivity contribution in [2.45, 2.75) is 43.5 Å². The molecule has 3 heterocycles. The van der Waals surface area contributed by atoms with Crippen LogP contribution >= 0.6 is 24.2 Å². The lowest BCUT2D eigenvalue weighted by Gasteiger charge is -2.55. The number of aromatic hydroxyl groups is 1. The first-order valence-corrected chi connectivity index (χ1v) is 18.3. The van der Waals surface area contributed by atoms with Crippen LogP contribution in [0.15, 0.2) is 121 Å². The molecule has 294 valence electrons. The molecule has 2 saturated heterocycles. The highest BCUT2D eigenvalue weighted by Gasteiger charge is 2.51. The summed E-state index contributed by atoms with van der Waals surface area (Å²) >= 11 is 9.65. The standard InChI is InChI=1S/C35H36N6O5.C6H5ClS.2H2O/c1-3-16-39-22-32(44)40-30(17-24-12-14-27(43)15-13-24)34(45)38(20-26-10-7-11-28-29(23(2)42)19-36-33(26)28)21-31(40)41(39)35(46)37-18-25-8-5-4-6-9-25;7-5-1-3-6(8)4-2-5;;/h3-15,19,30-31,36,43H,1,16-18,20-22H2,2H3,(H,37,46);1-4,8H;2*1H2/t30-,31-;;;/m0.../s1. The Morgan fingerprint density at radius 1 is 0.964 bits per heavy atom. The summed E-state index contributed by atoms with van der Waals surface area (Å²) in [6.07, 6.45) is 2.71. The molecule has 7 rings (SSSR count). The number of nitrogens with one attached hydrogen (secondary N) is 2. The lowest BCUT2D eigenvalue weighted by Crippen LogP contribution is -2.76. The van der Waals surface area contributed by atoms with Crippen LogP contribution in [0.2, 0.25) is 5.02 Å². The van der Waals surface area contributed by atoms with Crippen molar-refractivity contribution >= 4 is 58.8 Å². The van der Waals surface area contributed by atoms with Crippen molar-refractivity contribution in [2.75, 3.05) is 19.6 Å². The number of rotatable bonds is 9. The van der Waals surface area contributed by atoms with Crippen molar-refractivity contribution in [3.05, 3.63) is 143 Å². The van der Waals surface area contributed by atoms with Gasteiger partial charge in [0.1, 0.15) is 18.0 Å². The van der Waals surface area contributed by atoms with Crippen LogP contribution in [0.3, 0.4) is 0 Å². The number of Topliss-reactive ketones (excluding diaryl/α,β-unsaturated/α-hetero) is 1. The van der Waals surface area contributed by atoms with Crippen LogP contribution in [0.5, 0.6) is 5.75 Å². The van der Waals surface area contributed by atoms with Gasteiger partial charge in [-0.1, -0.05) is 78.3 Å². The molecule has 2 aliphatic heterocycles. The number of fused-ring (bicyclic) bond motifs is 2. The Labute approximate surface area is 335 Å². The molecule has 0 aliphatic carbocycles. The maximum Gasteiger partial charge on any atom is 0.334 e. The zero-order chi connectivity index (χ0) is 38.4. The number of phenols is 1. The topological polar surface area (TPSA) is 192 Å². The van der Waals surface area contributed by atoms with Crippen molar-refractivity contribution in [3.8, 4) is 5.75 Å². The molecule has 1 aromatic heterocycles. The van der Waals surface area contributed by atoms with Gasteiger partial charge in [0.15, 0.2) is 5.78 Å². The van der Waals surface area contributed by atoms with Crippen LogP contribution in [-0.2, 0) is 29.1 Å². The first-order chi connectivity index (χ1) is 26.0. The molecular formula is C41H45ClN6O7S. The Morgan fingerprint density at radius 2 is 1.66 bits per heavy atom. The number of aromatic amines is 1. The van der Waals surface area contributed by atoms with Gasteiger partial charge in [0, 0.05) is 53.1 Å². The number of ketones is 1. The predicted octanol–water partition coefficient (Wildman–Crippen LogP) is 4.79. The zero-order valence-electron chi connectivity index (χ0n) is 30.7. The number of carbonyl (C=O) groups excluding carboxylic acids is 4. The lowest BCUT2D eigenvalue weighted by atomic mass is 9.98. The number of hydrogen-bond donors (Lipinski definition) is 4. The first kappa shape index (κ1) is 43.1. The fraction of sp³-hybridized carbons (Fsp3) is 0.220. The van der Waals surface area contributed by atoms with E-state index in [0.29, 0.717) is 5.56 Å². The van der Waals surface area contributed by atoms with E-state index >= 15 is 0 Å². The van der Waals surface area contributed by atoms with Crippen LogP contribution in [0.25, 0.3) is 10.9 Å². The third kappa shape index (κ3) is 9.77. The summed E-state index contributed by atoms with van der Waals surface area (Å²) in [6.45, 7) is 6.05. The summed E-state index contributed by atoms with van der Waals surface area (Å²) in [5.41, 5.74) is 3.81. The third-order valence-electron chi connectivity index (χ3n) is 9.40. The van der Waals surface area contributed by atoms with Crippen LogP contribution < -0.4 is 5.32 Å². The molecule has 56 heavy (non-hydrogen) atoms. The summed E-state index contributed by atoms with van der Waals surface area (Å²) in [5.74, 6) is -0.497. The molecule has 0 radical (unpaired) electrons. The van der Waals surface area contributed by atoms with Crippen molar-refractivity contribution in [1.82, 2.24) is 30.1 Å². The second-order valence-corrected chi connectivity index (χ2v) is 14.0. The Bertz CT molecular complexity index is 2130. The molecule has 4 amide bonds. The van der Waals surface area contributed by atoms with E-state index in [-0.39, 0.29) is 73.4 Å². The SMILES string of the molecule is C=CCN1CC(=O)N2[C@@H](Cc3ccc(O)cc3)C(=O)N(Cc3cccc4c(C(C)=O)c[nH]c34)C[C@@H]2N1C(=O)NCc1ccccc1.O.O.Sc1ccc(Cl)cc1. The molecule has 7 N–H and O–H groups in total. The summed E-state index contributed by atoms with van der Waals surface area (Å²) in [4.78, 5) is 61.7. The third-order valence-corrected chi connectivity index (χ3v) is 9.95. The number of benzene rings is 4. The molecule has 2 aliphatic rings. The van der Waals surface area contributed by atoms with E-state index in [1.165, 1.54) is 11.8 Å².